The molecule has 0 saturated heterocycles. The molecule has 3 aromatic carbocycles. The summed E-state index contributed by atoms with van der Waals surface area (Å²) in [5.74, 6) is 1.17. The fourth-order valence-electron chi connectivity index (χ4n) is 5.64. The van der Waals surface area contributed by atoms with Crippen LogP contribution in [-0.4, -0.2) is 75.2 Å². The first-order valence-electron chi connectivity index (χ1n) is 15.5. The van der Waals surface area contributed by atoms with Crippen molar-refractivity contribution in [2.75, 3.05) is 58.5 Å². The Labute approximate surface area is 257 Å². The summed E-state index contributed by atoms with van der Waals surface area (Å²) in [4.78, 5) is 33.5. The molecule has 43 heavy (non-hydrogen) atoms. The highest BCUT2D eigenvalue weighted by Crippen LogP contribution is 2.33. The van der Waals surface area contributed by atoms with E-state index in [0.29, 0.717) is 32.2 Å². The Morgan fingerprint density at radius 1 is 0.930 bits per heavy atom. The zero-order valence-electron chi connectivity index (χ0n) is 26.5. The highest BCUT2D eigenvalue weighted by Gasteiger charge is 2.25. The van der Waals surface area contributed by atoms with Gasteiger partial charge in [-0.15, -0.1) is 0 Å². The minimum absolute atomic E-state index is 0.00920. The lowest BCUT2D eigenvalue weighted by Gasteiger charge is -2.28. The Balaban J connectivity index is 1.73. The van der Waals surface area contributed by atoms with Gasteiger partial charge in [0.2, 0.25) is 0 Å². The topological polar surface area (TPSA) is 62.3 Å². The predicted molar refractivity (Wildman–Crippen MR) is 174 cm³/mol. The number of ether oxygens (including phenoxy) is 2. The van der Waals surface area contributed by atoms with Crippen LogP contribution >= 0.6 is 0 Å². The van der Waals surface area contributed by atoms with Gasteiger partial charge in [-0.2, -0.15) is 0 Å². The summed E-state index contributed by atoms with van der Waals surface area (Å²) in [5.41, 5.74) is 5.64. The molecule has 1 aliphatic rings. The number of benzene rings is 3. The number of anilines is 1. The number of hydrogen-bond acceptors (Lipinski definition) is 5. The minimum Gasteiger partial charge on any atom is -0.493 e. The smallest absolute Gasteiger partial charge is 0.254 e. The van der Waals surface area contributed by atoms with E-state index < -0.39 is 0 Å². The lowest BCUT2D eigenvalue weighted by Crippen LogP contribution is -2.38. The number of likely N-dealkylation sites (N-methyl/N-ethyl adjacent to an activating group) is 1. The van der Waals surface area contributed by atoms with E-state index in [0.717, 1.165) is 71.6 Å². The van der Waals surface area contributed by atoms with Crippen molar-refractivity contribution in [3.63, 3.8) is 0 Å². The number of para-hydroxylation sites is 2. The zero-order chi connectivity index (χ0) is 30.8. The quantitative estimate of drug-likeness (QED) is 0.295. The Morgan fingerprint density at radius 2 is 1.70 bits per heavy atom. The van der Waals surface area contributed by atoms with Crippen molar-refractivity contribution in [2.24, 2.45) is 5.92 Å². The summed E-state index contributed by atoms with van der Waals surface area (Å²) in [5, 5.41) is 0. The van der Waals surface area contributed by atoms with Gasteiger partial charge in [0.1, 0.15) is 12.4 Å². The van der Waals surface area contributed by atoms with Gasteiger partial charge in [-0.3, -0.25) is 9.59 Å². The van der Waals surface area contributed by atoms with Gasteiger partial charge in [-0.1, -0.05) is 69.3 Å². The standard InChI is InChI=1S/C36H47N3O4/c1-6-22-43-34-15-10-8-13-31(34)28-16-17-32(30(24-28)23-27(2)3)36(41)38-21-20-37(4)18-11-19-39(35(40)26-42-5)33-14-9-7-12-29(33)25-38/h7-10,12-17,24,27H,6,11,18-23,25-26H2,1-5H3. The molecule has 0 fully saturated rings. The van der Waals surface area contributed by atoms with E-state index in [2.05, 4.69) is 44.9 Å². The van der Waals surface area contributed by atoms with Crippen molar-refractivity contribution in [2.45, 2.75) is 46.6 Å². The molecule has 0 unspecified atom stereocenters. The Morgan fingerprint density at radius 3 is 2.47 bits per heavy atom. The number of methoxy groups -OCH3 is 1. The lowest BCUT2D eigenvalue weighted by atomic mass is 9.92. The Kier molecular flexibility index (Phi) is 11.8. The average molecular weight is 586 g/mol. The van der Waals surface area contributed by atoms with Gasteiger partial charge >= 0.3 is 0 Å². The number of fused-ring (bicyclic) bond motifs is 1. The third kappa shape index (κ3) is 8.46. The van der Waals surface area contributed by atoms with Crippen LogP contribution in [0.1, 0.15) is 55.1 Å². The van der Waals surface area contributed by atoms with Crippen molar-refractivity contribution < 1.29 is 19.1 Å². The van der Waals surface area contributed by atoms with Gasteiger partial charge in [0, 0.05) is 50.1 Å². The molecule has 0 spiro atoms. The molecule has 4 rings (SSSR count). The third-order valence-electron chi connectivity index (χ3n) is 7.80. The number of amides is 2. The number of carbonyl (C=O) groups excluding carboxylic acids is 2. The van der Waals surface area contributed by atoms with E-state index in [4.69, 9.17) is 9.47 Å². The number of rotatable bonds is 9. The summed E-state index contributed by atoms with van der Waals surface area (Å²) in [6.45, 7) is 10.3. The van der Waals surface area contributed by atoms with Crippen LogP contribution in [0.2, 0.25) is 0 Å². The summed E-state index contributed by atoms with van der Waals surface area (Å²) in [6.07, 6.45) is 2.56. The highest BCUT2D eigenvalue weighted by molar-refractivity contribution is 5.97. The van der Waals surface area contributed by atoms with Crippen molar-refractivity contribution >= 4 is 17.5 Å². The average Bonchev–Trinajstić information content (AvgIpc) is 3.03. The molecule has 2 amide bonds. The van der Waals surface area contributed by atoms with Crippen molar-refractivity contribution in [3.8, 4) is 16.9 Å². The second-order valence-corrected chi connectivity index (χ2v) is 11.8. The molecule has 0 N–H and O–H groups in total. The molecule has 230 valence electrons. The van der Waals surface area contributed by atoms with Crippen molar-refractivity contribution in [3.05, 3.63) is 83.4 Å². The summed E-state index contributed by atoms with van der Waals surface area (Å²) < 4.78 is 11.3. The maximum Gasteiger partial charge on any atom is 0.254 e. The molecule has 0 atom stereocenters. The molecule has 1 aliphatic heterocycles. The molecular formula is C36H47N3O4. The second-order valence-electron chi connectivity index (χ2n) is 11.8. The maximum atomic E-state index is 14.4. The van der Waals surface area contributed by atoms with Crippen LogP contribution in [-0.2, 0) is 22.5 Å². The molecule has 3 aromatic rings. The van der Waals surface area contributed by atoms with Crippen LogP contribution in [0, 0.1) is 5.92 Å². The SMILES string of the molecule is CCCOc1ccccc1-c1ccc(C(=O)N2CCN(C)CCCN(C(=O)COC)c3ccccc3C2)c(CC(C)C)c1. The van der Waals surface area contributed by atoms with Crippen molar-refractivity contribution in [1.82, 2.24) is 9.80 Å². The molecule has 7 nitrogen and oxygen atoms in total. The van der Waals surface area contributed by atoms with Crippen LogP contribution in [0.25, 0.3) is 11.1 Å². The monoisotopic (exact) mass is 585 g/mol. The summed E-state index contributed by atoms with van der Waals surface area (Å²) in [7, 11) is 3.62. The first kappa shape index (κ1) is 32.2. The molecule has 0 saturated carbocycles. The highest BCUT2D eigenvalue weighted by atomic mass is 16.5. The molecule has 1 heterocycles. The van der Waals surface area contributed by atoms with Crippen LogP contribution in [0.4, 0.5) is 5.69 Å². The van der Waals surface area contributed by atoms with Gasteiger partial charge in [0.15, 0.2) is 0 Å². The number of hydrogen-bond donors (Lipinski definition) is 0. The van der Waals surface area contributed by atoms with Gasteiger partial charge in [-0.05, 0) is 73.7 Å². The molecule has 0 aromatic heterocycles. The van der Waals surface area contributed by atoms with E-state index >= 15 is 0 Å². The minimum atomic E-state index is -0.0762. The van der Waals surface area contributed by atoms with Gasteiger partial charge in [0.25, 0.3) is 11.8 Å². The van der Waals surface area contributed by atoms with E-state index in [9.17, 15) is 9.59 Å². The van der Waals surface area contributed by atoms with Gasteiger partial charge in [0.05, 0.1) is 6.61 Å². The molecule has 0 aliphatic carbocycles. The van der Waals surface area contributed by atoms with E-state index in [1.165, 1.54) is 0 Å². The second kappa shape index (κ2) is 15.7. The van der Waals surface area contributed by atoms with Crippen molar-refractivity contribution in [1.29, 1.82) is 0 Å². The van der Waals surface area contributed by atoms with Crippen LogP contribution in [0.3, 0.4) is 0 Å². The molecular weight excluding hydrogens is 538 g/mol. The van der Waals surface area contributed by atoms with Crippen LogP contribution in [0.15, 0.2) is 66.7 Å². The lowest BCUT2D eigenvalue weighted by molar-refractivity contribution is -0.122. The first-order chi connectivity index (χ1) is 20.8. The summed E-state index contributed by atoms with van der Waals surface area (Å²) in [6, 6.07) is 22.2. The predicted octanol–water partition coefficient (Wildman–Crippen LogP) is 6.30. The Hall–Kier alpha value is -3.68. The zero-order valence-corrected chi connectivity index (χ0v) is 26.5. The Bertz CT molecular complexity index is 1370. The third-order valence-corrected chi connectivity index (χ3v) is 7.80. The van der Waals surface area contributed by atoms with Crippen LogP contribution < -0.4 is 9.64 Å². The summed E-state index contributed by atoms with van der Waals surface area (Å²) >= 11 is 0. The largest absolute Gasteiger partial charge is 0.493 e. The van der Waals surface area contributed by atoms with Gasteiger partial charge in [-0.25, -0.2) is 0 Å². The maximum absolute atomic E-state index is 14.4. The fourth-order valence-corrected chi connectivity index (χ4v) is 5.64. The first-order valence-corrected chi connectivity index (χ1v) is 15.5. The van der Waals surface area contributed by atoms with E-state index in [1.54, 1.807) is 7.11 Å². The molecule has 7 heteroatoms. The number of nitrogens with zero attached hydrogens (tertiary/aromatic N) is 3. The number of carbonyl (C=O) groups is 2. The van der Waals surface area contributed by atoms with E-state index in [1.807, 2.05) is 64.4 Å². The fraction of sp³-hybridized carbons (Fsp3) is 0.444. The van der Waals surface area contributed by atoms with Crippen LogP contribution in [0.5, 0.6) is 5.75 Å². The molecule has 0 bridgehead atoms. The normalized spacial score (nSPS) is 14.7. The van der Waals surface area contributed by atoms with E-state index in [-0.39, 0.29) is 18.4 Å². The van der Waals surface area contributed by atoms with Gasteiger partial charge < -0.3 is 24.2 Å². The molecule has 0 radical (unpaired) electrons.